The van der Waals surface area contributed by atoms with Crippen molar-refractivity contribution < 1.29 is 24.4 Å². The number of aliphatic carboxylic acids is 1. The molecule has 2 aliphatic heterocycles. The van der Waals surface area contributed by atoms with Gasteiger partial charge in [-0.3, -0.25) is 4.79 Å². The summed E-state index contributed by atoms with van der Waals surface area (Å²) in [6.45, 7) is 2.11. The maximum Gasteiger partial charge on any atom is 0.235 e. The number of pyridine rings is 1. The summed E-state index contributed by atoms with van der Waals surface area (Å²) in [4.78, 5) is 25.3. The van der Waals surface area contributed by atoms with Crippen LogP contribution < -0.4 is 9.67 Å². The van der Waals surface area contributed by atoms with Gasteiger partial charge in [0.15, 0.2) is 18.9 Å². The van der Waals surface area contributed by atoms with Crippen LogP contribution in [0.15, 0.2) is 54.5 Å². The number of carboxylic acid groups (broad SMARTS) is 1. The van der Waals surface area contributed by atoms with Gasteiger partial charge in [-0.25, -0.2) is 0 Å². The third kappa shape index (κ3) is 3.18. The number of amides is 1. The summed E-state index contributed by atoms with van der Waals surface area (Å²) in [7, 11) is 0. The molecule has 1 aromatic carbocycles. The third-order valence-corrected chi connectivity index (χ3v) is 5.58. The van der Waals surface area contributed by atoms with Crippen LogP contribution in [0.1, 0.15) is 30.0 Å². The van der Waals surface area contributed by atoms with Crippen LogP contribution in [-0.4, -0.2) is 34.0 Å². The van der Waals surface area contributed by atoms with E-state index in [9.17, 15) is 19.8 Å². The van der Waals surface area contributed by atoms with Gasteiger partial charge < -0.3 is 19.9 Å². The van der Waals surface area contributed by atoms with E-state index in [1.54, 1.807) is 19.2 Å². The summed E-state index contributed by atoms with van der Waals surface area (Å²) in [5.74, 6) is -2.33. The van der Waals surface area contributed by atoms with Crippen molar-refractivity contribution >= 4 is 17.4 Å². The first-order chi connectivity index (χ1) is 13.9. The second-order valence-electron chi connectivity index (χ2n) is 7.43. The van der Waals surface area contributed by atoms with Gasteiger partial charge in [-0.1, -0.05) is 24.3 Å². The van der Waals surface area contributed by atoms with Crippen LogP contribution in [0, 0.1) is 17.2 Å². The number of benzene rings is 1. The molecule has 0 aliphatic carbocycles. The zero-order chi connectivity index (χ0) is 20.7. The van der Waals surface area contributed by atoms with Gasteiger partial charge >= 0.3 is 0 Å². The molecule has 0 unspecified atom stereocenters. The molecule has 1 saturated heterocycles. The fourth-order valence-corrected chi connectivity index (χ4v) is 4.23. The molecule has 7 nitrogen and oxygen atoms in total. The number of fused-ring (bicyclic) bond motifs is 1. The number of β-lactam (4-membered cyclic amide) rings is 1. The molecule has 29 heavy (non-hydrogen) atoms. The Balaban J connectivity index is 1.59. The van der Waals surface area contributed by atoms with Gasteiger partial charge in [-0.05, 0) is 30.5 Å². The van der Waals surface area contributed by atoms with Crippen LogP contribution in [0.4, 0.5) is 0 Å². The molecule has 3 heterocycles. The Morgan fingerprint density at radius 2 is 2.10 bits per heavy atom. The highest BCUT2D eigenvalue weighted by molar-refractivity contribution is 6.05. The predicted molar refractivity (Wildman–Crippen MR) is 99.2 cm³/mol. The van der Waals surface area contributed by atoms with E-state index >= 15 is 0 Å². The molecule has 1 N–H and O–H groups in total. The zero-order valence-electron chi connectivity index (χ0n) is 15.8. The number of hydrogen-bond acceptors (Lipinski definition) is 5. The predicted octanol–water partition coefficient (Wildman–Crippen LogP) is -0.0334. The molecule has 0 bridgehead atoms. The van der Waals surface area contributed by atoms with Gasteiger partial charge in [0.1, 0.15) is 11.6 Å². The van der Waals surface area contributed by atoms with Crippen LogP contribution in [-0.2, 0) is 16.1 Å². The van der Waals surface area contributed by atoms with E-state index in [0.29, 0.717) is 24.1 Å². The number of carbonyl (C=O) groups excluding carboxylic acids is 2. The van der Waals surface area contributed by atoms with Crippen LogP contribution in [0.2, 0.25) is 0 Å². The largest absolute Gasteiger partial charge is 0.543 e. The number of aliphatic hydroxyl groups excluding tert-OH is 1. The number of nitrogens with zero attached hydrogens (tertiary/aromatic N) is 3. The van der Waals surface area contributed by atoms with Crippen molar-refractivity contribution in [3.63, 3.8) is 0 Å². The fraction of sp³-hybridized carbons (Fsp3) is 0.273. The SMILES string of the molecule is C[C@@H](O)[C@H]1C(=O)N2C(C(=O)[O-])=C(c3ccc(C[n+]4cccc(C#N)c4)cc3)C[C@H]12. The Labute approximate surface area is 167 Å². The van der Waals surface area contributed by atoms with Gasteiger partial charge in [-0.2, -0.15) is 9.83 Å². The maximum atomic E-state index is 12.3. The Kier molecular flexibility index (Phi) is 4.65. The zero-order valence-corrected chi connectivity index (χ0v) is 15.8. The monoisotopic (exact) mass is 389 g/mol. The van der Waals surface area contributed by atoms with Crippen LogP contribution in [0.3, 0.4) is 0 Å². The number of carbonyl (C=O) groups is 2. The summed E-state index contributed by atoms with van der Waals surface area (Å²) in [5, 5.41) is 30.6. The lowest BCUT2D eigenvalue weighted by Gasteiger charge is -2.45. The summed E-state index contributed by atoms with van der Waals surface area (Å²) < 4.78 is 1.90. The van der Waals surface area contributed by atoms with Crippen LogP contribution >= 0.6 is 0 Å². The van der Waals surface area contributed by atoms with E-state index in [-0.39, 0.29) is 17.6 Å². The lowest BCUT2D eigenvalue weighted by atomic mass is 9.82. The first-order valence-electron chi connectivity index (χ1n) is 9.35. The number of carboxylic acids is 1. The van der Waals surface area contributed by atoms with Crippen molar-refractivity contribution in [1.82, 2.24) is 4.90 Å². The van der Waals surface area contributed by atoms with Gasteiger partial charge in [0.2, 0.25) is 5.91 Å². The molecule has 7 heteroatoms. The van der Waals surface area contributed by atoms with Crippen molar-refractivity contribution in [2.75, 3.05) is 0 Å². The average Bonchev–Trinajstić information content (AvgIpc) is 3.03. The lowest BCUT2D eigenvalue weighted by Crippen LogP contribution is -2.62. The summed E-state index contributed by atoms with van der Waals surface area (Å²) >= 11 is 0. The minimum absolute atomic E-state index is 0.0965. The Hall–Kier alpha value is -3.50. The number of aromatic nitrogens is 1. The standard InChI is InChI=1S/C22H19N3O4/c1-13(26)19-18-9-17(20(22(28)29)25(18)21(19)27)16-6-4-14(5-7-16)11-24-8-2-3-15(10-23)12-24/h2-8,12-13,18-19,26H,9,11H2,1H3/t13-,18-,19-/m1/s1. The van der Waals surface area contributed by atoms with E-state index < -0.39 is 18.0 Å². The van der Waals surface area contributed by atoms with Crippen molar-refractivity contribution in [2.24, 2.45) is 5.92 Å². The van der Waals surface area contributed by atoms with Gasteiger partial charge in [0.05, 0.1) is 29.7 Å². The summed E-state index contributed by atoms with van der Waals surface area (Å²) in [6, 6.07) is 12.8. The minimum atomic E-state index is -1.38. The molecule has 0 spiro atoms. The fourth-order valence-electron chi connectivity index (χ4n) is 4.23. The van der Waals surface area contributed by atoms with E-state index in [4.69, 9.17) is 5.26 Å². The molecule has 1 fully saturated rings. The Bertz CT molecular complexity index is 1070. The Morgan fingerprint density at radius 3 is 2.72 bits per heavy atom. The maximum absolute atomic E-state index is 12.3. The number of hydrogen-bond donors (Lipinski definition) is 1. The quantitative estimate of drug-likeness (QED) is 0.571. The van der Waals surface area contributed by atoms with Crippen LogP contribution in [0.5, 0.6) is 0 Å². The molecule has 1 aromatic heterocycles. The summed E-state index contributed by atoms with van der Waals surface area (Å²) in [5.41, 5.74) is 2.73. The molecule has 2 aliphatic rings. The summed E-state index contributed by atoms with van der Waals surface area (Å²) in [6.07, 6.45) is 3.18. The van der Waals surface area contributed by atoms with E-state index in [1.165, 1.54) is 4.90 Å². The smallest absolute Gasteiger partial charge is 0.235 e. The highest BCUT2D eigenvalue weighted by atomic mass is 16.4. The molecule has 0 radical (unpaired) electrons. The van der Waals surface area contributed by atoms with Crippen molar-refractivity contribution in [3.8, 4) is 6.07 Å². The topological polar surface area (TPSA) is 108 Å². The lowest BCUT2D eigenvalue weighted by molar-refractivity contribution is -0.688. The highest BCUT2D eigenvalue weighted by Crippen LogP contribution is 2.46. The second kappa shape index (κ2) is 7.15. The number of nitriles is 1. The minimum Gasteiger partial charge on any atom is -0.543 e. The number of aliphatic hydroxyl groups is 1. The molecule has 1 amide bonds. The normalized spacial score (nSPS) is 21.4. The molecule has 0 saturated carbocycles. The van der Waals surface area contributed by atoms with E-state index in [0.717, 1.165) is 11.1 Å². The van der Waals surface area contributed by atoms with Gasteiger partial charge in [0.25, 0.3) is 0 Å². The van der Waals surface area contributed by atoms with Crippen molar-refractivity contribution in [2.45, 2.75) is 32.0 Å². The highest BCUT2D eigenvalue weighted by Gasteiger charge is 2.55. The first kappa shape index (κ1) is 18.8. The molecule has 2 aromatic rings. The third-order valence-electron chi connectivity index (χ3n) is 5.58. The van der Waals surface area contributed by atoms with Crippen molar-refractivity contribution in [1.29, 1.82) is 5.26 Å². The van der Waals surface area contributed by atoms with E-state index in [1.807, 2.05) is 41.1 Å². The molecule has 3 atom stereocenters. The van der Waals surface area contributed by atoms with Gasteiger partial charge in [0, 0.05) is 11.6 Å². The second-order valence-corrected chi connectivity index (χ2v) is 7.43. The van der Waals surface area contributed by atoms with E-state index in [2.05, 4.69) is 6.07 Å². The van der Waals surface area contributed by atoms with Gasteiger partial charge in [-0.15, -0.1) is 0 Å². The first-order valence-corrected chi connectivity index (χ1v) is 9.35. The molecular weight excluding hydrogens is 370 g/mol. The average molecular weight is 389 g/mol. The molecular formula is C22H19N3O4. The number of rotatable bonds is 5. The molecule has 4 rings (SSSR count). The van der Waals surface area contributed by atoms with Crippen LogP contribution in [0.25, 0.3) is 5.57 Å². The van der Waals surface area contributed by atoms with Crippen molar-refractivity contribution in [3.05, 3.63) is 71.2 Å². The Morgan fingerprint density at radius 1 is 1.38 bits per heavy atom. The molecule has 146 valence electrons.